The first kappa shape index (κ1) is 21.6. The van der Waals surface area contributed by atoms with Crippen LogP contribution >= 0.6 is 12.4 Å². The van der Waals surface area contributed by atoms with Crippen LogP contribution in [0.25, 0.3) is 0 Å². The van der Waals surface area contributed by atoms with Crippen LogP contribution in [0, 0.1) is 0 Å². The Hall–Kier alpha value is -0.710. The van der Waals surface area contributed by atoms with Gasteiger partial charge in [-0.2, -0.15) is 8.61 Å². The monoisotopic (exact) mass is 423 g/mol. The van der Waals surface area contributed by atoms with Gasteiger partial charge in [0.2, 0.25) is 20.0 Å². The topological polar surface area (TPSA) is 86.8 Å². The zero-order valence-electron chi connectivity index (χ0n) is 14.8. The van der Waals surface area contributed by atoms with Crippen LogP contribution in [0.4, 0.5) is 0 Å². The molecule has 26 heavy (non-hydrogen) atoms. The first-order valence-corrected chi connectivity index (χ1v) is 11.5. The molecule has 2 saturated heterocycles. The molecule has 2 fully saturated rings. The number of nitrogens with zero attached hydrogens (tertiary/aromatic N) is 2. The van der Waals surface area contributed by atoms with Crippen LogP contribution in [0.15, 0.2) is 34.1 Å². The van der Waals surface area contributed by atoms with Crippen LogP contribution in [0.1, 0.15) is 25.7 Å². The van der Waals surface area contributed by atoms with Gasteiger partial charge in [0.1, 0.15) is 9.79 Å². The van der Waals surface area contributed by atoms with Gasteiger partial charge < -0.3 is 5.32 Å². The first-order chi connectivity index (χ1) is 11.9. The summed E-state index contributed by atoms with van der Waals surface area (Å²) in [7, 11) is -5.76. The van der Waals surface area contributed by atoms with Crippen LogP contribution in [0.2, 0.25) is 0 Å². The van der Waals surface area contributed by atoms with Crippen molar-refractivity contribution >= 4 is 32.5 Å². The van der Waals surface area contributed by atoms with Gasteiger partial charge in [0.15, 0.2) is 0 Å². The molecular weight excluding hydrogens is 398 g/mol. The average molecular weight is 424 g/mol. The minimum absolute atomic E-state index is 0. The van der Waals surface area contributed by atoms with E-state index in [2.05, 4.69) is 5.32 Å². The Morgan fingerprint density at radius 3 is 1.69 bits per heavy atom. The molecule has 2 heterocycles. The second kappa shape index (κ2) is 8.53. The van der Waals surface area contributed by atoms with Gasteiger partial charge in [-0.3, -0.25) is 0 Å². The van der Waals surface area contributed by atoms with Gasteiger partial charge in [-0.1, -0.05) is 12.1 Å². The maximum atomic E-state index is 13.1. The molecule has 1 aromatic rings. The fourth-order valence-electron chi connectivity index (χ4n) is 3.47. The van der Waals surface area contributed by atoms with Crippen molar-refractivity contribution in [1.82, 2.24) is 13.9 Å². The van der Waals surface area contributed by atoms with Crippen molar-refractivity contribution in [1.29, 1.82) is 0 Å². The molecule has 3 rings (SSSR count). The molecule has 2 aliphatic rings. The molecule has 0 unspecified atom stereocenters. The van der Waals surface area contributed by atoms with E-state index in [-0.39, 0.29) is 22.2 Å². The molecule has 0 atom stereocenters. The van der Waals surface area contributed by atoms with E-state index in [1.54, 1.807) is 12.1 Å². The third-order valence-electron chi connectivity index (χ3n) is 5.01. The Morgan fingerprint density at radius 2 is 1.27 bits per heavy atom. The molecule has 0 bridgehead atoms. The maximum Gasteiger partial charge on any atom is 0.244 e. The Labute approximate surface area is 162 Å². The quantitative estimate of drug-likeness (QED) is 0.770. The van der Waals surface area contributed by atoms with E-state index < -0.39 is 20.0 Å². The van der Waals surface area contributed by atoms with E-state index in [1.807, 2.05) is 7.05 Å². The number of hydrogen-bond acceptors (Lipinski definition) is 5. The standard InChI is InChI=1S/C16H25N3O4S2.ClH/c1-17-14-8-12-19(13-9-14)25(22,23)16-7-3-2-6-15(16)24(20,21)18-10-4-5-11-18;/h2-3,6-7,14,17H,4-5,8-13H2,1H3;1H. The summed E-state index contributed by atoms with van der Waals surface area (Å²) in [6.45, 7) is 1.69. The number of sulfonamides is 2. The molecule has 2 aliphatic heterocycles. The molecule has 148 valence electrons. The molecule has 0 aliphatic carbocycles. The number of halogens is 1. The van der Waals surface area contributed by atoms with Gasteiger partial charge in [0, 0.05) is 32.2 Å². The maximum absolute atomic E-state index is 13.1. The van der Waals surface area contributed by atoms with Crippen LogP contribution in [0.5, 0.6) is 0 Å². The van der Waals surface area contributed by atoms with Crippen molar-refractivity contribution in [2.45, 2.75) is 41.5 Å². The minimum atomic E-state index is -3.84. The Kier molecular flexibility index (Phi) is 7.09. The summed E-state index contributed by atoms with van der Waals surface area (Å²) in [6, 6.07) is 6.27. The highest BCUT2D eigenvalue weighted by Gasteiger charge is 2.36. The smallest absolute Gasteiger partial charge is 0.244 e. The zero-order valence-corrected chi connectivity index (χ0v) is 17.2. The number of rotatable bonds is 5. The number of benzene rings is 1. The van der Waals surface area contributed by atoms with Gasteiger partial charge in [-0.25, -0.2) is 16.8 Å². The Morgan fingerprint density at radius 1 is 0.846 bits per heavy atom. The minimum Gasteiger partial charge on any atom is -0.317 e. The van der Waals surface area contributed by atoms with Crippen LogP contribution in [0.3, 0.4) is 0 Å². The highest BCUT2D eigenvalue weighted by Crippen LogP contribution is 2.29. The third-order valence-corrected chi connectivity index (χ3v) is 9.05. The number of nitrogens with one attached hydrogen (secondary N) is 1. The van der Waals surface area contributed by atoms with E-state index in [1.165, 1.54) is 20.7 Å². The van der Waals surface area contributed by atoms with Gasteiger partial charge in [-0.05, 0) is 44.9 Å². The lowest BCUT2D eigenvalue weighted by Gasteiger charge is -2.31. The highest BCUT2D eigenvalue weighted by molar-refractivity contribution is 7.92. The molecule has 7 nitrogen and oxygen atoms in total. The summed E-state index contributed by atoms with van der Waals surface area (Å²) in [5.41, 5.74) is 0. The number of hydrogen-bond donors (Lipinski definition) is 1. The fraction of sp³-hybridized carbons (Fsp3) is 0.625. The van der Waals surface area contributed by atoms with Crippen LogP contribution in [-0.2, 0) is 20.0 Å². The number of piperidine rings is 1. The molecule has 0 amide bonds. The van der Waals surface area contributed by atoms with Crippen molar-refractivity contribution in [3.63, 3.8) is 0 Å². The van der Waals surface area contributed by atoms with E-state index in [0.29, 0.717) is 32.2 Å². The van der Waals surface area contributed by atoms with Gasteiger partial charge in [0.25, 0.3) is 0 Å². The molecule has 0 saturated carbocycles. The Balaban J connectivity index is 0.00000243. The molecule has 1 N–H and O–H groups in total. The molecule has 0 aromatic heterocycles. The Bertz CT molecular complexity index is 816. The lowest BCUT2D eigenvalue weighted by molar-refractivity contribution is 0.298. The lowest BCUT2D eigenvalue weighted by Crippen LogP contribution is -2.44. The molecule has 0 radical (unpaired) electrons. The predicted molar refractivity (Wildman–Crippen MR) is 103 cm³/mol. The summed E-state index contributed by atoms with van der Waals surface area (Å²) in [5, 5.41) is 3.16. The van der Waals surface area contributed by atoms with Crippen molar-refractivity contribution in [3.8, 4) is 0 Å². The van der Waals surface area contributed by atoms with E-state index in [0.717, 1.165) is 25.7 Å². The second-order valence-corrected chi connectivity index (χ2v) is 10.3. The normalized spacial score (nSPS) is 20.8. The fourth-order valence-corrected chi connectivity index (χ4v) is 7.23. The largest absolute Gasteiger partial charge is 0.317 e. The summed E-state index contributed by atoms with van der Waals surface area (Å²) in [6.07, 6.45) is 3.06. The molecule has 1 aromatic carbocycles. The average Bonchev–Trinajstić information content (AvgIpc) is 3.17. The van der Waals surface area contributed by atoms with E-state index >= 15 is 0 Å². The SMILES string of the molecule is CNC1CCN(S(=O)(=O)c2ccccc2S(=O)(=O)N2CCCC2)CC1.Cl. The van der Waals surface area contributed by atoms with Gasteiger partial charge in [-0.15, -0.1) is 12.4 Å². The second-order valence-electron chi connectivity index (χ2n) is 6.52. The van der Waals surface area contributed by atoms with Crippen LogP contribution < -0.4 is 5.32 Å². The van der Waals surface area contributed by atoms with Gasteiger partial charge >= 0.3 is 0 Å². The predicted octanol–water partition coefficient (Wildman–Crippen LogP) is 1.27. The summed E-state index contributed by atoms with van der Waals surface area (Å²) >= 11 is 0. The summed E-state index contributed by atoms with van der Waals surface area (Å²) in [5.74, 6) is 0. The van der Waals surface area contributed by atoms with E-state index in [9.17, 15) is 16.8 Å². The zero-order chi connectivity index (χ0) is 18.1. The van der Waals surface area contributed by atoms with Gasteiger partial charge in [0.05, 0.1) is 0 Å². The molecule has 10 heteroatoms. The van der Waals surface area contributed by atoms with E-state index in [4.69, 9.17) is 0 Å². The van der Waals surface area contributed by atoms with Crippen molar-refractivity contribution < 1.29 is 16.8 Å². The highest BCUT2D eigenvalue weighted by atomic mass is 35.5. The third kappa shape index (κ3) is 4.07. The van der Waals surface area contributed by atoms with Crippen molar-refractivity contribution in [3.05, 3.63) is 24.3 Å². The summed E-state index contributed by atoms with van der Waals surface area (Å²) < 4.78 is 54.8. The lowest BCUT2D eigenvalue weighted by atomic mass is 10.1. The summed E-state index contributed by atoms with van der Waals surface area (Å²) in [4.78, 5) is -0.211. The van der Waals surface area contributed by atoms with Crippen molar-refractivity contribution in [2.24, 2.45) is 0 Å². The molecular formula is C16H26ClN3O4S2. The molecule has 0 spiro atoms. The van der Waals surface area contributed by atoms with Crippen molar-refractivity contribution in [2.75, 3.05) is 33.2 Å². The first-order valence-electron chi connectivity index (χ1n) is 8.64. The van der Waals surface area contributed by atoms with Crippen LogP contribution in [-0.4, -0.2) is 64.7 Å².